The van der Waals surface area contributed by atoms with Crippen LogP contribution in [0.2, 0.25) is 0 Å². The molecule has 0 aliphatic rings. The first-order valence-electron chi connectivity index (χ1n) is 4.54. The Morgan fingerprint density at radius 1 is 1.00 bits per heavy atom. The summed E-state index contributed by atoms with van der Waals surface area (Å²) in [5, 5.41) is 8.28. The molecular weight excluding hydrogens is 148 g/mol. The van der Waals surface area contributed by atoms with Crippen LogP contribution in [-0.4, -0.2) is 5.11 Å². The van der Waals surface area contributed by atoms with Gasteiger partial charge in [0.05, 0.1) is 6.26 Å². The third-order valence-electron chi connectivity index (χ3n) is 1.53. The Morgan fingerprint density at radius 2 is 1.75 bits per heavy atom. The number of hydrogen-bond donors (Lipinski definition) is 1. The number of aliphatic hydroxyl groups excluding tert-OH is 1. The lowest BCUT2D eigenvalue weighted by Crippen LogP contribution is -1.69. The molecule has 0 spiro atoms. The molecule has 12 heavy (non-hydrogen) atoms. The van der Waals surface area contributed by atoms with Gasteiger partial charge in [-0.05, 0) is 18.9 Å². The van der Waals surface area contributed by atoms with Crippen molar-refractivity contribution in [3.8, 4) is 0 Å². The zero-order valence-electron chi connectivity index (χ0n) is 7.74. The number of allylic oxidation sites excluding steroid dienone is 5. The van der Waals surface area contributed by atoms with Crippen molar-refractivity contribution in [2.24, 2.45) is 0 Å². The maximum absolute atomic E-state index is 8.28. The predicted octanol–water partition coefficient (Wildman–Crippen LogP) is 3.75. The fourth-order valence-corrected chi connectivity index (χ4v) is 0.865. The molecule has 0 aromatic carbocycles. The molecule has 0 aromatic heterocycles. The standard InChI is InChI=1S/C11H18O/c1-2-3-4-5-6-7-8-9-10-11-12/h6-12H,2-5H2,1H3/b7-6+,9-8+,11-10+. The van der Waals surface area contributed by atoms with Crippen LogP contribution >= 0.6 is 0 Å². The van der Waals surface area contributed by atoms with Gasteiger partial charge >= 0.3 is 0 Å². The van der Waals surface area contributed by atoms with Gasteiger partial charge in [0.2, 0.25) is 0 Å². The molecule has 1 heteroatoms. The first kappa shape index (κ1) is 11.0. The van der Waals surface area contributed by atoms with E-state index in [1.165, 1.54) is 19.3 Å². The quantitative estimate of drug-likeness (QED) is 0.362. The minimum Gasteiger partial charge on any atom is -0.516 e. The third-order valence-corrected chi connectivity index (χ3v) is 1.53. The second-order valence-electron chi connectivity index (χ2n) is 2.65. The number of unbranched alkanes of at least 4 members (excludes halogenated alkanes) is 3. The summed E-state index contributed by atoms with van der Waals surface area (Å²) < 4.78 is 0. The molecule has 0 bridgehead atoms. The Balaban J connectivity index is 3.24. The zero-order chi connectivity index (χ0) is 9.07. The van der Waals surface area contributed by atoms with Crippen molar-refractivity contribution in [3.05, 3.63) is 36.6 Å². The van der Waals surface area contributed by atoms with Gasteiger partial charge in [0, 0.05) is 0 Å². The molecule has 1 N–H and O–H groups in total. The van der Waals surface area contributed by atoms with Gasteiger partial charge in [0.15, 0.2) is 0 Å². The van der Waals surface area contributed by atoms with Crippen LogP contribution in [0, 0.1) is 0 Å². The Hall–Kier alpha value is -0.980. The maximum atomic E-state index is 8.28. The van der Waals surface area contributed by atoms with Crippen molar-refractivity contribution in [2.45, 2.75) is 32.6 Å². The minimum atomic E-state index is 1.03. The van der Waals surface area contributed by atoms with E-state index in [1.54, 1.807) is 12.2 Å². The lowest BCUT2D eigenvalue weighted by atomic mass is 10.2. The highest BCUT2D eigenvalue weighted by molar-refractivity contribution is 5.09. The van der Waals surface area contributed by atoms with E-state index in [0.29, 0.717) is 0 Å². The van der Waals surface area contributed by atoms with Crippen molar-refractivity contribution < 1.29 is 5.11 Å². The summed E-state index contributed by atoms with van der Waals surface area (Å²) in [5.74, 6) is 0. The van der Waals surface area contributed by atoms with Crippen LogP contribution in [0.3, 0.4) is 0 Å². The molecule has 0 saturated carbocycles. The zero-order valence-corrected chi connectivity index (χ0v) is 7.74. The SMILES string of the molecule is CCCCC/C=C/C=C/C=C/O. The van der Waals surface area contributed by atoms with E-state index < -0.39 is 0 Å². The van der Waals surface area contributed by atoms with Gasteiger partial charge in [0.1, 0.15) is 0 Å². The van der Waals surface area contributed by atoms with Crippen LogP contribution < -0.4 is 0 Å². The van der Waals surface area contributed by atoms with Gasteiger partial charge in [0.25, 0.3) is 0 Å². The number of hydrogen-bond acceptors (Lipinski definition) is 1. The first-order chi connectivity index (χ1) is 5.91. The molecule has 0 radical (unpaired) electrons. The van der Waals surface area contributed by atoms with Crippen molar-refractivity contribution >= 4 is 0 Å². The molecule has 0 atom stereocenters. The number of rotatable bonds is 6. The Morgan fingerprint density at radius 3 is 2.42 bits per heavy atom. The molecule has 0 aromatic rings. The summed E-state index contributed by atoms with van der Waals surface area (Å²) in [4.78, 5) is 0. The lowest BCUT2D eigenvalue weighted by Gasteiger charge is -1.89. The van der Waals surface area contributed by atoms with Crippen LogP contribution in [0.1, 0.15) is 32.6 Å². The van der Waals surface area contributed by atoms with Gasteiger partial charge in [-0.2, -0.15) is 0 Å². The summed E-state index contributed by atoms with van der Waals surface area (Å²) in [6.45, 7) is 2.20. The van der Waals surface area contributed by atoms with Crippen molar-refractivity contribution in [3.63, 3.8) is 0 Å². The van der Waals surface area contributed by atoms with E-state index in [9.17, 15) is 0 Å². The van der Waals surface area contributed by atoms with Gasteiger partial charge < -0.3 is 5.11 Å². The molecule has 0 rings (SSSR count). The average molecular weight is 166 g/mol. The van der Waals surface area contributed by atoms with Crippen molar-refractivity contribution in [1.29, 1.82) is 0 Å². The van der Waals surface area contributed by atoms with Crippen molar-refractivity contribution in [2.75, 3.05) is 0 Å². The van der Waals surface area contributed by atoms with Crippen LogP contribution in [-0.2, 0) is 0 Å². The van der Waals surface area contributed by atoms with E-state index in [-0.39, 0.29) is 0 Å². The highest BCUT2D eigenvalue weighted by Gasteiger charge is 1.79. The fraction of sp³-hybridized carbons (Fsp3) is 0.455. The van der Waals surface area contributed by atoms with Crippen LogP contribution in [0.5, 0.6) is 0 Å². The topological polar surface area (TPSA) is 20.2 Å². The summed E-state index contributed by atoms with van der Waals surface area (Å²) in [6, 6.07) is 0. The second kappa shape index (κ2) is 10.0. The molecule has 0 heterocycles. The second-order valence-corrected chi connectivity index (χ2v) is 2.65. The van der Waals surface area contributed by atoms with Gasteiger partial charge in [-0.15, -0.1) is 0 Å². The Bertz CT molecular complexity index is 154. The monoisotopic (exact) mass is 166 g/mol. The lowest BCUT2D eigenvalue weighted by molar-refractivity contribution is 0.474. The molecular formula is C11H18O. The van der Waals surface area contributed by atoms with E-state index in [1.807, 2.05) is 12.2 Å². The molecule has 0 aliphatic carbocycles. The van der Waals surface area contributed by atoms with Crippen molar-refractivity contribution in [1.82, 2.24) is 0 Å². The fourth-order valence-electron chi connectivity index (χ4n) is 0.865. The molecule has 68 valence electrons. The third kappa shape index (κ3) is 9.02. The van der Waals surface area contributed by atoms with E-state index in [2.05, 4.69) is 13.0 Å². The molecule has 1 nitrogen and oxygen atoms in total. The average Bonchev–Trinajstić information content (AvgIpc) is 2.10. The summed E-state index contributed by atoms with van der Waals surface area (Å²) in [5.41, 5.74) is 0. The molecule has 0 saturated heterocycles. The minimum absolute atomic E-state index is 1.03. The van der Waals surface area contributed by atoms with Crippen LogP contribution in [0.15, 0.2) is 36.6 Å². The largest absolute Gasteiger partial charge is 0.516 e. The molecule has 0 amide bonds. The van der Waals surface area contributed by atoms with Gasteiger partial charge in [-0.25, -0.2) is 0 Å². The summed E-state index contributed by atoms with van der Waals surface area (Å²) in [7, 11) is 0. The molecule has 0 fully saturated rings. The van der Waals surface area contributed by atoms with E-state index in [0.717, 1.165) is 12.7 Å². The first-order valence-corrected chi connectivity index (χ1v) is 4.54. The number of aliphatic hydroxyl groups is 1. The Labute approximate surface area is 75.1 Å². The maximum Gasteiger partial charge on any atom is 0.0791 e. The van der Waals surface area contributed by atoms with E-state index >= 15 is 0 Å². The van der Waals surface area contributed by atoms with Gasteiger partial charge in [-0.1, -0.05) is 44.1 Å². The van der Waals surface area contributed by atoms with E-state index in [4.69, 9.17) is 5.11 Å². The van der Waals surface area contributed by atoms with Crippen LogP contribution in [0.4, 0.5) is 0 Å². The Kier molecular flexibility index (Phi) is 9.20. The van der Waals surface area contributed by atoms with Gasteiger partial charge in [-0.3, -0.25) is 0 Å². The molecule has 0 aliphatic heterocycles. The smallest absolute Gasteiger partial charge is 0.0791 e. The van der Waals surface area contributed by atoms with Crippen LogP contribution in [0.25, 0.3) is 0 Å². The summed E-state index contributed by atoms with van der Waals surface area (Å²) in [6.07, 6.45) is 15.5. The highest BCUT2D eigenvalue weighted by atomic mass is 16.2. The molecule has 0 unspecified atom stereocenters. The normalized spacial score (nSPS) is 12.4. The predicted molar refractivity (Wildman–Crippen MR) is 54.2 cm³/mol. The highest BCUT2D eigenvalue weighted by Crippen LogP contribution is 1.99. The summed E-state index contributed by atoms with van der Waals surface area (Å²) >= 11 is 0.